The first kappa shape index (κ1) is 26.3. The van der Waals surface area contributed by atoms with Crippen LogP contribution in [0.4, 0.5) is 11.4 Å². The van der Waals surface area contributed by atoms with Crippen LogP contribution in [0.15, 0.2) is 48.7 Å². The van der Waals surface area contributed by atoms with Gasteiger partial charge in [0, 0.05) is 61.1 Å². The Bertz CT molecular complexity index is 1140. The van der Waals surface area contributed by atoms with Crippen LogP contribution < -0.4 is 15.4 Å². The minimum Gasteiger partial charge on any atom is -0.481 e. The molecule has 1 aliphatic heterocycles. The number of H-pyrrole nitrogens is 1. The topological polar surface area (TPSA) is 118 Å². The van der Waals surface area contributed by atoms with Crippen molar-refractivity contribution in [1.82, 2.24) is 9.88 Å². The standard InChI is InChI=1S/C25H31N5O4.ClH/c1-2-3-24(34-21-8-9-23-22(16-21)18(10-11-26)17-27-23)25(31)29-14-12-28(13-15-29)19-4-6-20(7-5-19)30(32)33;/h4-9,16-17,24,27H,2-3,10-15,26H2,1H3;1H. The number of anilines is 1. The van der Waals surface area contributed by atoms with Gasteiger partial charge in [0.1, 0.15) is 5.75 Å². The van der Waals surface area contributed by atoms with Gasteiger partial charge in [-0.1, -0.05) is 13.3 Å². The molecule has 2 aromatic carbocycles. The average Bonchev–Trinajstić information content (AvgIpc) is 3.26. The SMILES string of the molecule is CCCC(Oc1ccc2[nH]cc(CCN)c2c1)C(=O)N1CCN(c2ccc([N+](=O)[O-])cc2)CC1.Cl. The third-order valence-electron chi connectivity index (χ3n) is 6.27. The molecule has 2 heterocycles. The van der Waals surface area contributed by atoms with Gasteiger partial charge < -0.3 is 25.3 Å². The molecule has 1 aliphatic rings. The summed E-state index contributed by atoms with van der Waals surface area (Å²) in [5.41, 5.74) is 8.90. The van der Waals surface area contributed by atoms with Gasteiger partial charge >= 0.3 is 0 Å². The van der Waals surface area contributed by atoms with Gasteiger partial charge in [-0.15, -0.1) is 12.4 Å². The highest BCUT2D eigenvalue weighted by atomic mass is 35.5. The Morgan fingerprint density at radius 2 is 1.89 bits per heavy atom. The molecule has 1 aromatic heterocycles. The lowest BCUT2D eigenvalue weighted by Gasteiger charge is -2.37. The summed E-state index contributed by atoms with van der Waals surface area (Å²) in [7, 11) is 0. The Kier molecular flexibility index (Phi) is 8.95. The van der Waals surface area contributed by atoms with Crippen LogP contribution in [0.5, 0.6) is 5.75 Å². The molecule has 0 radical (unpaired) electrons. The van der Waals surface area contributed by atoms with Crippen molar-refractivity contribution in [2.75, 3.05) is 37.6 Å². The largest absolute Gasteiger partial charge is 0.481 e. The van der Waals surface area contributed by atoms with Gasteiger partial charge in [-0.3, -0.25) is 14.9 Å². The van der Waals surface area contributed by atoms with Gasteiger partial charge in [-0.05, 0) is 55.3 Å². The summed E-state index contributed by atoms with van der Waals surface area (Å²) in [6.45, 7) is 5.11. The molecule has 3 aromatic rings. The molecule has 188 valence electrons. The number of aromatic nitrogens is 1. The smallest absolute Gasteiger partial charge is 0.269 e. The number of nitrogens with one attached hydrogen (secondary N) is 1. The van der Waals surface area contributed by atoms with Crippen molar-refractivity contribution in [3.8, 4) is 5.75 Å². The number of nitro groups is 1. The maximum atomic E-state index is 13.3. The van der Waals surface area contributed by atoms with Crippen LogP contribution >= 0.6 is 12.4 Å². The molecule has 1 atom stereocenters. The summed E-state index contributed by atoms with van der Waals surface area (Å²) in [6, 6.07) is 12.4. The number of carbonyl (C=O) groups is 1. The fraction of sp³-hybridized carbons (Fsp3) is 0.400. The van der Waals surface area contributed by atoms with Crippen molar-refractivity contribution >= 4 is 40.6 Å². The highest BCUT2D eigenvalue weighted by molar-refractivity contribution is 5.86. The van der Waals surface area contributed by atoms with E-state index in [-0.39, 0.29) is 24.0 Å². The number of nitrogens with two attached hydrogens (primary N) is 1. The van der Waals surface area contributed by atoms with E-state index >= 15 is 0 Å². The Balaban J connectivity index is 0.00000342. The summed E-state index contributed by atoms with van der Waals surface area (Å²) in [4.78, 5) is 31.1. The number of non-ortho nitro benzene ring substituents is 1. The molecule has 3 N–H and O–H groups in total. The van der Waals surface area contributed by atoms with E-state index in [2.05, 4.69) is 9.88 Å². The van der Waals surface area contributed by atoms with E-state index in [1.165, 1.54) is 12.1 Å². The molecular weight excluding hydrogens is 470 g/mol. The third-order valence-corrected chi connectivity index (χ3v) is 6.27. The normalized spacial score (nSPS) is 14.5. The van der Waals surface area contributed by atoms with Crippen molar-refractivity contribution in [2.24, 2.45) is 5.73 Å². The number of benzene rings is 2. The van der Waals surface area contributed by atoms with Crippen LogP contribution in [0, 0.1) is 10.1 Å². The predicted molar refractivity (Wildman–Crippen MR) is 140 cm³/mol. The predicted octanol–water partition coefficient (Wildman–Crippen LogP) is 3.90. The van der Waals surface area contributed by atoms with Crippen LogP contribution in [-0.4, -0.2) is 59.5 Å². The number of amides is 1. The van der Waals surface area contributed by atoms with Gasteiger partial charge in [-0.2, -0.15) is 0 Å². The minimum absolute atomic E-state index is 0. The molecule has 0 bridgehead atoms. The van der Waals surface area contributed by atoms with E-state index in [1.807, 2.05) is 36.2 Å². The van der Waals surface area contributed by atoms with Gasteiger partial charge in [0.15, 0.2) is 6.10 Å². The quantitative estimate of drug-likeness (QED) is 0.339. The lowest BCUT2D eigenvalue weighted by atomic mass is 10.1. The number of rotatable bonds is 9. The van der Waals surface area contributed by atoms with Crippen molar-refractivity contribution in [3.63, 3.8) is 0 Å². The molecule has 9 nitrogen and oxygen atoms in total. The number of hydrogen-bond donors (Lipinski definition) is 2. The molecular formula is C25H32ClN5O4. The molecule has 1 unspecified atom stereocenters. The molecule has 10 heteroatoms. The number of aromatic amines is 1. The number of ether oxygens (including phenoxy) is 1. The zero-order chi connectivity index (χ0) is 24.1. The van der Waals surface area contributed by atoms with Gasteiger partial charge in [0.05, 0.1) is 4.92 Å². The Labute approximate surface area is 210 Å². The zero-order valence-electron chi connectivity index (χ0n) is 19.8. The second-order valence-corrected chi connectivity index (χ2v) is 8.54. The van der Waals surface area contributed by atoms with E-state index in [1.54, 1.807) is 12.1 Å². The molecule has 1 saturated heterocycles. The number of nitro benzene ring substituents is 1. The van der Waals surface area contributed by atoms with E-state index in [0.717, 1.165) is 35.0 Å². The van der Waals surface area contributed by atoms with Crippen molar-refractivity contribution in [2.45, 2.75) is 32.3 Å². The van der Waals surface area contributed by atoms with E-state index in [0.29, 0.717) is 44.9 Å². The van der Waals surface area contributed by atoms with Crippen molar-refractivity contribution < 1.29 is 14.5 Å². The van der Waals surface area contributed by atoms with Crippen molar-refractivity contribution in [3.05, 3.63) is 64.3 Å². The summed E-state index contributed by atoms with van der Waals surface area (Å²) >= 11 is 0. The second-order valence-electron chi connectivity index (χ2n) is 8.54. The Hall–Kier alpha value is -3.30. The first-order chi connectivity index (χ1) is 16.5. The number of piperazine rings is 1. The van der Waals surface area contributed by atoms with Crippen LogP contribution in [-0.2, 0) is 11.2 Å². The maximum Gasteiger partial charge on any atom is 0.269 e. The summed E-state index contributed by atoms with van der Waals surface area (Å²) in [5, 5.41) is 12.0. The van der Waals surface area contributed by atoms with Gasteiger partial charge in [-0.25, -0.2) is 0 Å². The van der Waals surface area contributed by atoms with Gasteiger partial charge in [0.25, 0.3) is 11.6 Å². The highest BCUT2D eigenvalue weighted by Gasteiger charge is 2.29. The summed E-state index contributed by atoms with van der Waals surface area (Å²) in [5.74, 6) is 0.684. The third kappa shape index (κ3) is 6.04. The summed E-state index contributed by atoms with van der Waals surface area (Å²) < 4.78 is 6.21. The van der Waals surface area contributed by atoms with Crippen LogP contribution in [0.2, 0.25) is 0 Å². The highest BCUT2D eigenvalue weighted by Crippen LogP contribution is 2.26. The molecule has 4 rings (SSSR count). The molecule has 0 aliphatic carbocycles. The first-order valence-corrected chi connectivity index (χ1v) is 11.7. The lowest BCUT2D eigenvalue weighted by Crippen LogP contribution is -2.52. The molecule has 35 heavy (non-hydrogen) atoms. The fourth-order valence-corrected chi connectivity index (χ4v) is 4.43. The van der Waals surface area contributed by atoms with Crippen molar-refractivity contribution in [1.29, 1.82) is 0 Å². The van der Waals surface area contributed by atoms with E-state index in [9.17, 15) is 14.9 Å². The van der Waals surface area contributed by atoms with Gasteiger partial charge in [0.2, 0.25) is 0 Å². The number of fused-ring (bicyclic) bond motifs is 1. The fourth-order valence-electron chi connectivity index (χ4n) is 4.43. The molecule has 1 fully saturated rings. The minimum atomic E-state index is -0.537. The lowest BCUT2D eigenvalue weighted by molar-refractivity contribution is -0.384. The van der Waals surface area contributed by atoms with Crippen LogP contribution in [0.25, 0.3) is 10.9 Å². The number of carbonyl (C=O) groups excluding carboxylic acids is 1. The summed E-state index contributed by atoms with van der Waals surface area (Å²) in [6.07, 6.45) is 3.69. The Morgan fingerprint density at radius 3 is 2.51 bits per heavy atom. The van der Waals surface area contributed by atoms with Crippen LogP contribution in [0.3, 0.4) is 0 Å². The average molecular weight is 502 g/mol. The second kappa shape index (κ2) is 11.9. The molecule has 0 saturated carbocycles. The maximum absolute atomic E-state index is 13.3. The number of hydrogen-bond acceptors (Lipinski definition) is 6. The molecule has 0 spiro atoms. The van der Waals surface area contributed by atoms with Crippen LogP contribution in [0.1, 0.15) is 25.3 Å². The number of halogens is 1. The zero-order valence-corrected chi connectivity index (χ0v) is 20.6. The Morgan fingerprint density at radius 1 is 1.17 bits per heavy atom. The van der Waals surface area contributed by atoms with E-state index < -0.39 is 11.0 Å². The molecule has 1 amide bonds. The first-order valence-electron chi connectivity index (χ1n) is 11.7. The monoisotopic (exact) mass is 501 g/mol. The van der Waals surface area contributed by atoms with E-state index in [4.69, 9.17) is 10.5 Å². The number of nitrogens with zero attached hydrogens (tertiary/aromatic N) is 3.